The summed E-state index contributed by atoms with van der Waals surface area (Å²) < 4.78 is 5.36. The molecule has 2 aromatic rings. The first-order chi connectivity index (χ1) is 11.8. The number of nitrogens with one attached hydrogen (secondary N) is 1. The van der Waals surface area contributed by atoms with Crippen LogP contribution in [0.1, 0.15) is 23.6 Å². The van der Waals surface area contributed by atoms with Crippen LogP contribution in [0.15, 0.2) is 35.4 Å². The van der Waals surface area contributed by atoms with Crippen LogP contribution in [-0.2, 0) is 4.79 Å². The molecule has 0 fully saturated rings. The fraction of sp³-hybridized carbons (Fsp3) is 0.222. The maximum absolute atomic E-state index is 11.9. The minimum Gasteiger partial charge on any atom is -0.482 e. The lowest BCUT2D eigenvalue weighted by atomic mass is 10.0. The molecule has 0 bridgehead atoms. The lowest BCUT2D eigenvalue weighted by molar-refractivity contribution is -0.123. The summed E-state index contributed by atoms with van der Waals surface area (Å²) in [6, 6.07) is 8.95. The van der Waals surface area contributed by atoms with Gasteiger partial charge in [0.05, 0.1) is 20.8 Å². The summed E-state index contributed by atoms with van der Waals surface area (Å²) in [5.74, 6) is -0.132. The van der Waals surface area contributed by atoms with Crippen LogP contribution in [-0.4, -0.2) is 18.2 Å². The third kappa shape index (κ3) is 5.36. The maximum atomic E-state index is 11.9. The summed E-state index contributed by atoms with van der Waals surface area (Å²) >= 11 is 17.7. The Hall–Kier alpha value is -1.75. The zero-order valence-electron chi connectivity index (χ0n) is 14.0. The number of ether oxygens (including phenoxy) is 1. The number of carbonyl (C=O) groups excluding carboxylic acids is 1. The van der Waals surface area contributed by atoms with E-state index in [0.717, 1.165) is 11.1 Å². The molecule has 1 amide bonds. The van der Waals surface area contributed by atoms with E-state index in [1.165, 1.54) is 17.7 Å². The van der Waals surface area contributed by atoms with Crippen LogP contribution in [0.3, 0.4) is 0 Å². The first-order valence-corrected chi connectivity index (χ1v) is 8.59. The predicted molar refractivity (Wildman–Crippen MR) is 103 cm³/mol. The predicted octanol–water partition coefficient (Wildman–Crippen LogP) is 5.18. The summed E-state index contributed by atoms with van der Waals surface area (Å²) in [7, 11) is 0. The van der Waals surface area contributed by atoms with E-state index < -0.39 is 5.91 Å². The van der Waals surface area contributed by atoms with Gasteiger partial charge in [-0.15, -0.1) is 0 Å². The van der Waals surface area contributed by atoms with E-state index in [4.69, 9.17) is 39.5 Å². The van der Waals surface area contributed by atoms with Crippen LogP contribution in [0.4, 0.5) is 0 Å². The van der Waals surface area contributed by atoms with Gasteiger partial charge in [-0.25, -0.2) is 5.43 Å². The highest BCUT2D eigenvalue weighted by Crippen LogP contribution is 2.33. The fourth-order valence-corrected chi connectivity index (χ4v) is 2.81. The Labute approximate surface area is 161 Å². The number of halogens is 3. The van der Waals surface area contributed by atoms with Crippen LogP contribution >= 0.6 is 34.8 Å². The second-order valence-corrected chi connectivity index (χ2v) is 6.76. The fourth-order valence-electron chi connectivity index (χ4n) is 2.22. The van der Waals surface area contributed by atoms with E-state index in [1.54, 1.807) is 0 Å². The molecule has 1 N–H and O–H groups in total. The molecule has 0 aromatic heterocycles. The van der Waals surface area contributed by atoms with E-state index in [1.807, 2.05) is 32.9 Å². The SMILES string of the molecule is C/C(=N\NC(=O)COc1cc(Cl)c(Cl)cc1Cl)c1ccc(C)cc1C. The van der Waals surface area contributed by atoms with Crippen molar-refractivity contribution in [1.29, 1.82) is 0 Å². The molecular weight excluding hydrogens is 383 g/mol. The van der Waals surface area contributed by atoms with Crippen molar-refractivity contribution in [3.05, 3.63) is 62.1 Å². The van der Waals surface area contributed by atoms with Crippen LogP contribution in [0.2, 0.25) is 15.1 Å². The molecule has 0 aliphatic carbocycles. The normalized spacial score (nSPS) is 11.4. The molecule has 7 heteroatoms. The van der Waals surface area contributed by atoms with Crippen molar-refractivity contribution in [2.75, 3.05) is 6.61 Å². The molecule has 4 nitrogen and oxygen atoms in total. The van der Waals surface area contributed by atoms with Crippen LogP contribution < -0.4 is 10.2 Å². The molecule has 0 heterocycles. The Balaban J connectivity index is 1.97. The summed E-state index contributed by atoms with van der Waals surface area (Å²) in [4.78, 5) is 11.9. The van der Waals surface area contributed by atoms with Crippen molar-refractivity contribution in [3.63, 3.8) is 0 Å². The lowest BCUT2D eigenvalue weighted by Gasteiger charge is -2.09. The standard InChI is InChI=1S/C18H17Cl3N2O2/c1-10-4-5-13(11(2)6-10)12(3)22-23-18(24)9-25-17-8-15(20)14(19)7-16(17)21/h4-8H,9H2,1-3H3,(H,23,24)/b22-12+. The zero-order chi connectivity index (χ0) is 18.6. The topological polar surface area (TPSA) is 50.7 Å². The molecule has 132 valence electrons. The Morgan fingerprint density at radius 1 is 1.08 bits per heavy atom. The molecule has 0 saturated heterocycles. The second kappa shape index (κ2) is 8.56. The zero-order valence-corrected chi connectivity index (χ0v) is 16.3. The highest BCUT2D eigenvalue weighted by Gasteiger charge is 2.10. The van der Waals surface area contributed by atoms with Crippen molar-refractivity contribution in [3.8, 4) is 5.75 Å². The summed E-state index contributed by atoms with van der Waals surface area (Å²) in [5, 5.41) is 5.00. The highest BCUT2D eigenvalue weighted by atomic mass is 35.5. The van der Waals surface area contributed by atoms with Crippen molar-refractivity contribution in [1.82, 2.24) is 5.43 Å². The summed E-state index contributed by atoms with van der Waals surface area (Å²) in [6.07, 6.45) is 0. The van der Waals surface area contributed by atoms with E-state index in [0.29, 0.717) is 15.8 Å². The van der Waals surface area contributed by atoms with Gasteiger partial charge in [-0.3, -0.25) is 4.79 Å². The van der Waals surface area contributed by atoms with Gasteiger partial charge in [0.25, 0.3) is 5.91 Å². The van der Waals surface area contributed by atoms with Gasteiger partial charge < -0.3 is 4.74 Å². The van der Waals surface area contributed by atoms with Crippen LogP contribution in [0.25, 0.3) is 0 Å². The Kier molecular flexibility index (Phi) is 6.71. The molecule has 0 spiro atoms. The molecule has 2 rings (SSSR count). The Bertz CT molecular complexity index is 835. The number of benzene rings is 2. The molecule has 2 aromatic carbocycles. The smallest absolute Gasteiger partial charge is 0.277 e. The molecule has 0 atom stereocenters. The average molecular weight is 400 g/mol. The Morgan fingerprint density at radius 3 is 2.44 bits per heavy atom. The Morgan fingerprint density at radius 2 is 1.76 bits per heavy atom. The average Bonchev–Trinajstić information content (AvgIpc) is 2.54. The monoisotopic (exact) mass is 398 g/mol. The van der Waals surface area contributed by atoms with Gasteiger partial charge in [0, 0.05) is 11.6 Å². The summed E-state index contributed by atoms with van der Waals surface area (Å²) in [6.45, 7) is 5.60. The third-order valence-electron chi connectivity index (χ3n) is 3.45. The number of nitrogens with zero attached hydrogens (tertiary/aromatic N) is 1. The second-order valence-electron chi connectivity index (χ2n) is 5.54. The number of hydrazone groups is 1. The minimum absolute atomic E-state index is 0.249. The van der Waals surface area contributed by atoms with E-state index in [2.05, 4.69) is 16.6 Å². The number of aryl methyl sites for hydroxylation is 2. The third-order valence-corrected chi connectivity index (χ3v) is 4.47. The van der Waals surface area contributed by atoms with Gasteiger partial charge in [0.1, 0.15) is 5.75 Å². The van der Waals surface area contributed by atoms with Crippen molar-refractivity contribution in [2.24, 2.45) is 5.10 Å². The van der Waals surface area contributed by atoms with Gasteiger partial charge in [-0.2, -0.15) is 5.10 Å². The van der Waals surface area contributed by atoms with Gasteiger partial charge >= 0.3 is 0 Å². The van der Waals surface area contributed by atoms with Crippen LogP contribution in [0, 0.1) is 13.8 Å². The van der Waals surface area contributed by atoms with Gasteiger partial charge in [0.2, 0.25) is 0 Å². The number of hydrogen-bond donors (Lipinski definition) is 1. The van der Waals surface area contributed by atoms with Gasteiger partial charge in [-0.1, -0.05) is 58.6 Å². The van der Waals surface area contributed by atoms with Gasteiger partial charge in [0.15, 0.2) is 6.61 Å². The quantitative estimate of drug-likeness (QED) is 0.428. The van der Waals surface area contributed by atoms with E-state index >= 15 is 0 Å². The molecule has 0 radical (unpaired) electrons. The summed E-state index contributed by atoms with van der Waals surface area (Å²) in [5.41, 5.74) is 6.40. The number of rotatable bonds is 5. The molecule has 0 aliphatic rings. The van der Waals surface area contributed by atoms with Crippen molar-refractivity contribution >= 4 is 46.4 Å². The van der Waals surface area contributed by atoms with E-state index in [9.17, 15) is 4.79 Å². The molecule has 0 unspecified atom stereocenters. The van der Waals surface area contributed by atoms with Crippen LogP contribution in [0.5, 0.6) is 5.75 Å². The molecule has 25 heavy (non-hydrogen) atoms. The maximum Gasteiger partial charge on any atom is 0.277 e. The first kappa shape index (κ1) is 19.6. The minimum atomic E-state index is -0.411. The van der Waals surface area contributed by atoms with E-state index in [-0.39, 0.29) is 17.4 Å². The number of carbonyl (C=O) groups is 1. The number of hydrogen-bond acceptors (Lipinski definition) is 3. The first-order valence-electron chi connectivity index (χ1n) is 7.46. The molecule has 0 saturated carbocycles. The largest absolute Gasteiger partial charge is 0.482 e. The molecule has 0 aliphatic heterocycles. The molecular formula is C18H17Cl3N2O2. The van der Waals surface area contributed by atoms with Crippen molar-refractivity contribution < 1.29 is 9.53 Å². The van der Waals surface area contributed by atoms with Crippen molar-refractivity contribution in [2.45, 2.75) is 20.8 Å². The van der Waals surface area contributed by atoms with Gasteiger partial charge in [-0.05, 0) is 32.4 Å². The highest BCUT2D eigenvalue weighted by molar-refractivity contribution is 6.43. The lowest BCUT2D eigenvalue weighted by Crippen LogP contribution is -2.25. The number of amides is 1.